The molecule has 0 saturated heterocycles. The van der Waals surface area contributed by atoms with Crippen molar-refractivity contribution in [1.29, 1.82) is 0 Å². The van der Waals surface area contributed by atoms with E-state index in [0.29, 0.717) is 24.9 Å². The van der Waals surface area contributed by atoms with Gasteiger partial charge >= 0.3 is 0 Å². The molecular formula is C14H25N3O. The lowest BCUT2D eigenvalue weighted by Gasteiger charge is -2.21. The summed E-state index contributed by atoms with van der Waals surface area (Å²) in [5.74, 6) is 0.290. The normalized spacial score (nSPS) is 12.9. The van der Waals surface area contributed by atoms with Gasteiger partial charge in [0, 0.05) is 31.4 Å². The van der Waals surface area contributed by atoms with Gasteiger partial charge in [-0.05, 0) is 30.5 Å². The van der Waals surface area contributed by atoms with E-state index in [1.165, 1.54) is 5.56 Å². The molecule has 1 atom stereocenters. The molecule has 0 aliphatic heterocycles. The molecule has 0 spiro atoms. The molecule has 1 aromatic rings. The maximum absolute atomic E-state index is 10.8. The summed E-state index contributed by atoms with van der Waals surface area (Å²) < 4.78 is 2.03. The second kappa shape index (κ2) is 7.21. The first-order chi connectivity index (χ1) is 8.54. The highest BCUT2D eigenvalue weighted by molar-refractivity contribution is 5.73. The van der Waals surface area contributed by atoms with Crippen molar-refractivity contribution in [3.63, 3.8) is 0 Å². The first-order valence-corrected chi connectivity index (χ1v) is 6.72. The molecule has 3 N–H and O–H groups in total. The SMILES string of the molecule is CCCNC(c1ccn(CCC(N)=O)c1)C(C)C. The molecule has 1 unspecified atom stereocenters. The first-order valence-electron chi connectivity index (χ1n) is 6.72. The number of nitrogens with two attached hydrogens (primary N) is 1. The number of aryl methyl sites for hydroxylation is 1. The molecule has 1 rings (SSSR count). The van der Waals surface area contributed by atoms with Crippen molar-refractivity contribution in [2.24, 2.45) is 11.7 Å². The van der Waals surface area contributed by atoms with Gasteiger partial charge in [0.25, 0.3) is 0 Å². The molecule has 0 saturated carbocycles. The molecule has 0 aliphatic carbocycles. The van der Waals surface area contributed by atoms with Crippen LogP contribution in [-0.4, -0.2) is 17.0 Å². The minimum Gasteiger partial charge on any atom is -0.370 e. The van der Waals surface area contributed by atoms with Crippen molar-refractivity contribution in [2.45, 2.75) is 46.2 Å². The van der Waals surface area contributed by atoms with Crippen molar-refractivity contribution in [1.82, 2.24) is 9.88 Å². The summed E-state index contributed by atoms with van der Waals surface area (Å²) in [6, 6.07) is 2.49. The number of carbonyl (C=O) groups is 1. The van der Waals surface area contributed by atoms with Crippen LogP contribution in [0.25, 0.3) is 0 Å². The third-order valence-electron chi connectivity index (χ3n) is 3.03. The quantitative estimate of drug-likeness (QED) is 0.743. The van der Waals surface area contributed by atoms with Gasteiger partial charge in [-0.2, -0.15) is 0 Å². The van der Waals surface area contributed by atoms with Gasteiger partial charge in [0.05, 0.1) is 0 Å². The number of nitrogens with one attached hydrogen (secondary N) is 1. The van der Waals surface area contributed by atoms with Crippen molar-refractivity contribution in [2.75, 3.05) is 6.54 Å². The van der Waals surface area contributed by atoms with Gasteiger partial charge in [-0.3, -0.25) is 4.79 Å². The standard InChI is InChI=1S/C14H25N3O/c1-4-7-16-14(11(2)3)12-5-8-17(10-12)9-6-13(15)18/h5,8,10-11,14,16H,4,6-7,9H2,1-3H3,(H2,15,18). The second-order valence-electron chi connectivity index (χ2n) is 5.07. The van der Waals surface area contributed by atoms with Crippen LogP contribution < -0.4 is 11.1 Å². The number of carbonyl (C=O) groups excluding carboxylic acids is 1. The molecular weight excluding hydrogens is 226 g/mol. The summed E-state index contributed by atoms with van der Waals surface area (Å²) in [4.78, 5) is 10.8. The van der Waals surface area contributed by atoms with Crippen molar-refractivity contribution >= 4 is 5.91 Å². The van der Waals surface area contributed by atoms with Gasteiger partial charge in [-0.15, -0.1) is 0 Å². The predicted octanol–water partition coefficient (Wildman–Crippen LogP) is 2.06. The Kier molecular flexibility index (Phi) is 5.92. The molecule has 0 bridgehead atoms. The van der Waals surface area contributed by atoms with E-state index in [4.69, 9.17) is 5.73 Å². The van der Waals surface area contributed by atoms with Crippen LogP contribution in [0.4, 0.5) is 0 Å². The van der Waals surface area contributed by atoms with Crippen LogP contribution >= 0.6 is 0 Å². The number of aromatic nitrogens is 1. The smallest absolute Gasteiger partial charge is 0.219 e. The number of nitrogens with zero attached hydrogens (tertiary/aromatic N) is 1. The zero-order valence-corrected chi connectivity index (χ0v) is 11.6. The zero-order chi connectivity index (χ0) is 13.5. The van der Waals surface area contributed by atoms with Crippen LogP contribution in [0, 0.1) is 5.92 Å². The lowest BCUT2D eigenvalue weighted by Crippen LogP contribution is -2.26. The summed E-state index contributed by atoms with van der Waals surface area (Å²) in [5, 5.41) is 3.56. The monoisotopic (exact) mass is 251 g/mol. The van der Waals surface area contributed by atoms with Gasteiger partial charge in [0.15, 0.2) is 0 Å². The molecule has 0 aromatic carbocycles. The summed E-state index contributed by atoms with van der Waals surface area (Å²) in [5.41, 5.74) is 6.44. The predicted molar refractivity (Wildman–Crippen MR) is 74.1 cm³/mol. The first kappa shape index (κ1) is 14.8. The maximum atomic E-state index is 10.8. The largest absolute Gasteiger partial charge is 0.370 e. The maximum Gasteiger partial charge on any atom is 0.219 e. The zero-order valence-electron chi connectivity index (χ0n) is 11.6. The molecule has 1 amide bonds. The highest BCUT2D eigenvalue weighted by Gasteiger charge is 2.15. The molecule has 1 aromatic heterocycles. The molecule has 4 nitrogen and oxygen atoms in total. The molecule has 102 valence electrons. The number of hydrogen-bond donors (Lipinski definition) is 2. The number of primary amides is 1. The average Bonchev–Trinajstić information content (AvgIpc) is 2.75. The van der Waals surface area contributed by atoms with E-state index in [-0.39, 0.29) is 5.91 Å². The Hall–Kier alpha value is -1.29. The van der Waals surface area contributed by atoms with E-state index in [9.17, 15) is 4.79 Å². The Morgan fingerprint density at radius 3 is 2.78 bits per heavy atom. The Balaban J connectivity index is 2.65. The van der Waals surface area contributed by atoms with E-state index in [2.05, 4.69) is 38.4 Å². The lowest BCUT2D eigenvalue weighted by molar-refractivity contribution is -0.118. The van der Waals surface area contributed by atoms with Crippen LogP contribution in [0.5, 0.6) is 0 Å². The summed E-state index contributed by atoms with van der Waals surface area (Å²) in [6.07, 6.45) is 5.64. The average molecular weight is 251 g/mol. The summed E-state index contributed by atoms with van der Waals surface area (Å²) in [7, 11) is 0. The van der Waals surface area contributed by atoms with E-state index in [0.717, 1.165) is 13.0 Å². The topological polar surface area (TPSA) is 60.1 Å². The van der Waals surface area contributed by atoms with Gasteiger partial charge < -0.3 is 15.6 Å². The third kappa shape index (κ3) is 4.53. The minimum atomic E-state index is -0.255. The van der Waals surface area contributed by atoms with Crippen LogP contribution in [-0.2, 0) is 11.3 Å². The second-order valence-corrected chi connectivity index (χ2v) is 5.07. The molecule has 0 fully saturated rings. The third-order valence-corrected chi connectivity index (χ3v) is 3.03. The fraction of sp³-hybridized carbons (Fsp3) is 0.643. The number of hydrogen-bond acceptors (Lipinski definition) is 2. The van der Waals surface area contributed by atoms with Crippen molar-refractivity contribution in [3.05, 3.63) is 24.0 Å². The van der Waals surface area contributed by atoms with Crippen molar-refractivity contribution in [3.8, 4) is 0 Å². The highest BCUT2D eigenvalue weighted by atomic mass is 16.1. The Bertz CT molecular complexity index is 371. The van der Waals surface area contributed by atoms with E-state index < -0.39 is 0 Å². The van der Waals surface area contributed by atoms with Gasteiger partial charge in [0.1, 0.15) is 0 Å². The molecule has 18 heavy (non-hydrogen) atoms. The van der Waals surface area contributed by atoms with Crippen LogP contribution in [0.2, 0.25) is 0 Å². The molecule has 4 heteroatoms. The summed E-state index contributed by atoms with van der Waals surface area (Å²) >= 11 is 0. The lowest BCUT2D eigenvalue weighted by atomic mass is 9.98. The molecule has 0 aliphatic rings. The Morgan fingerprint density at radius 2 is 2.22 bits per heavy atom. The van der Waals surface area contributed by atoms with Crippen LogP contribution in [0.15, 0.2) is 18.5 Å². The summed E-state index contributed by atoms with van der Waals surface area (Å²) in [6.45, 7) is 8.29. The number of rotatable bonds is 8. The van der Waals surface area contributed by atoms with E-state index >= 15 is 0 Å². The fourth-order valence-corrected chi connectivity index (χ4v) is 2.06. The van der Waals surface area contributed by atoms with Gasteiger partial charge in [-0.1, -0.05) is 20.8 Å². The van der Waals surface area contributed by atoms with Gasteiger partial charge in [0.2, 0.25) is 5.91 Å². The number of amides is 1. The van der Waals surface area contributed by atoms with Gasteiger partial charge in [-0.25, -0.2) is 0 Å². The van der Waals surface area contributed by atoms with Crippen molar-refractivity contribution < 1.29 is 4.79 Å². The minimum absolute atomic E-state index is 0.255. The van der Waals surface area contributed by atoms with E-state index in [1.807, 2.05) is 10.8 Å². The van der Waals surface area contributed by atoms with Crippen LogP contribution in [0.3, 0.4) is 0 Å². The Labute approximate surface area is 110 Å². The molecule has 1 heterocycles. The van der Waals surface area contributed by atoms with E-state index in [1.54, 1.807) is 0 Å². The van der Waals surface area contributed by atoms with Crippen LogP contribution in [0.1, 0.15) is 45.2 Å². The molecule has 0 radical (unpaired) electrons. The Morgan fingerprint density at radius 1 is 1.50 bits per heavy atom. The highest BCUT2D eigenvalue weighted by Crippen LogP contribution is 2.22. The fourth-order valence-electron chi connectivity index (χ4n) is 2.06.